The smallest absolute Gasteiger partial charge is 0.278 e. The number of nitrogens with zero attached hydrogens (tertiary/aromatic N) is 3. The Bertz CT molecular complexity index is 701. The number of fused-ring (bicyclic) bond motifs is 1. The van der Waals surface area contributed by atoms with Gasteiger partial charge in [0.15, 0.2) is 0 Å². The van der Waals surface area contributed by atoms with Crippen molar-refractivity contribution in [1.82, 2.24) is 10.3 Å². The number of hydrogen-bond acceptors (Lipinski definition) is 5. The largest absolute Gasteiger partial charge is 0.359 e. The van der Waals surface area contributed by atoms with E-state index in [-0.39, 0.29) is 18.1 Å². The molecule has 1 N–H and O–H groups in total. The number of carbonyl (C=O) groups is 1. The average Bonchev–Trinajstić information content (AvgIpc) is 2.46. The van der Waals surface area contributed by atoms with Gasteiger partial charge in [0.25, 0.3) is 5.69 Å². The first-order valence-electron chi connectivity index (χ1n) is 6.20. The zero-order valence-electron chi connectivity index (χ0n) is 10.6. The summed E-state index contributed by atoms with van der Waals surface area (Å²) in [7, 11) is 0. The highest BCUT2D eigenvalue weighted by Gasteiger charge is 2.22. The second kappa shape index (κ2) is 4.76. The van der Waals surface area contributed by atoms with Crippen molar-refractivity contribution in [3.8, 4) is 0 Å². The Kier molecular flexibility index (Phi) is 2.94. The number of non-ortho nitro benzene ring substituents is 1. The van der Waals surface area contributed by atoms with Crippen LogP contribution in [0, 0.1) is 10.1 Å². The molecule has 0 bridgehead atoms. The van der Waals surface area contributed by atoms with Gasteiger partial charge < -0.3 is 10.2 Å². The monoisotopic (exact) mass is 272 g/mol. The Hall–Kier alpha value is -2.70. The van der Waals surface area contributed by atoms with Gasteiger partial charge in [-0.05, 0) is 18.2 Å². The molecule has 1 aromatic heterocycles. The number of piperazine rings is 1. The molecule has 1 aliphatic rings. The van der Waals surface area contributed by atoms with E-state index in [0.29, 0.717) is 24.0 Å². The van der Waals surface area contributed by atoms with Crippen molar-refractivity contribution in [3.63, 3.8) is 0 Å². The number of benzene rings is 1. The van der Waals surface area contributed by atoms with E-state index in [4.69, 9.17) is 0 Å². The second-order valence-electron chi connectivity index (χ2n) is 4.53. The fourth-order valence-electron chi connectivity index (χ4n) is 2.40. The van der Waals surface area contributed by atoms with Crippen molar-refractivity contribution in [2.24, 2.45) is 0 Å². The molecule has 0 aliphatic carbocycles. The summed E-state index contributed by atoms with van der Waals surface area (Å²) in [6.07, 6.45) is 1.60. The van der Waals surface area contributed by atoms with Gasteiger partial charge in [-0.2, -0.15) is 0 Å². The number of nitro benzene ring substituents is 1. The number of rotatable bonds is 2. The molecule has 102 valence electrons. The molecule has 7 heteroatoms. The molecule has 0 saturated carbocycles. The molecule has 0 atom stereocenters. The minimum atomic E-state index is -0.420. The van der Waals surface area contributed by atoms with Crippen LogP contribution in [0.1, 0.15) is 0 Å². The Morgan fingerprint density at radius 1 is 1.35 bits per heavy atom. The summed E-state index contributed by atoms with van der Waals surface area (Å²) >= 11 is 0. The highest BCUT2D eigenvalue weighted by atomic mass is 16.6. The summed E-state index contributed by atoms with van der Waals surface area (Å²) in [5.74, 6) is -0.0568. The van der Waals surface area contributed by atoms with Gasteiger partial charge >= 0.3 is 0 Å². The van der Waals surface area contributed by atoms with E-state index < -0.39 is 4.92 Å². The van der Waals surface area contributed by atoms with Crippen LogP contribution < -0.4 is 10.2 Å². The van der Waals surface area contributed by atoms with E-state index >= 15 is 0 Å². The van der Waals surface area contributed by atoms with Crippen LogP contribution in [0.2, 0.25) is 0 Å². The Labute approximate surface area is 114 Å². The molecule has 0 unspecified atom stereocenters. The molecular weight excluding hydrogens is 260 g/mol. The molecule has 1 fully saturated rings. The third kappa shape index (κ3) is 2.03. The Morgan fingerprint density at radius 2 is 2.20 bits per heavy atom. The van der Waals surface area contributed by atoms with Crippen molar-refractivity contribution in [2.45, 2.75) is 0 Å². The predicted molar refractivity (Wildman–Crippen MR) is 73.6 cm³/mol. The van der Waals surface area contributed by atoms with Crippen LogP contribution in [0.5, 0.6) is 0 Å². The number of nitrogens with one attached hydrogen (secondary N) is 1. The van der Waals surface area contributed by atoms with Crippen molar-refractivity contribution < 1.29 is 9.72 Å². The van der Waals surface area contributed by atoms with Crippen LogP contribution in [0.4, 0.5) is 11.4 Å². The molecule has 0 spiro atoms. The standard InChI is InChI=1S/C13H12N4O3/c18-12-8-16(7-6-14-12)11-4-3-10(17(19)20)9-2-1-5-15-13(9)11/h1-5H,6-8H2,(H,14,18). The Morgan fingerprint density at radius 3 is 2.95 bits per heavy atom. The van der Waals surface area contributed by atoms with E-state index in [9.17, 15) is 14.9 Å². The fraction of sp³-hybridized carbons (Fsp3) is 0.231. The van der Waals surface area contributed by atoms with Gasteiger partial charge in [-0.3, -0.25) is 19.9 Å². The van der Waals surface area contributed by atoms with Crippen LogP contribution in [0.15, 0.2) is 30.5 Å². The normalized spacial score (nSPS) is 15.2. The lowest BCUT2D eigenvalue weighted by Gasteiger charge is -2.29. The minimum Gasteiger partial charge on any atom is -0.359 e. The van der Waals surface area contributed by atoms with Gasteiger partial charge in [0, 0.05) is 25.4 Å². The highest BCUT2D eigenvalue weighted by Crippen LogP contribution is 2.32. The minimum absolute atomic E-state index is 0.0262. The van der Waals surface area contributed by atoms with Gasteiger partial charge in [-0.1, -0.05) is 0 Å². The summed E-state index contributed by atoms with van der Waals surface area (Å²) in [5, 5.41) is 14.3. The third-order valence-corrected chi connectivity index (χ3v) is 3.30. The molecule has 20 heavy (non-hydrogen) atoms. The number of anilines is 1. The molecule has 1 aliphatic heterocycles. The van der Waals surface area contributed by atoms with Gasteiger partial charge in [0.2, 0.25) is 5.91 Å². The predicted octanol–water partition coefficient (Wildman–Crippen LogP) is 1.08. The summed E-state index contributed by atoms with van der Waals surface area (Å²) < 4.78 is 0. The zero-order valence-corrected chi connectivity index (χ0v) is 10.6. The molecular formula is C13H12N4O3. The topological polar surface area (TPSA) is 88.4 Å². The first-order valence-corrected chi connectivity index (χ1v) is 6.20. The molecule has 0 radical (unpaired) electrons. The van der Waals surface area contributed by atoms with Crippen LogP contribution in [0.25, 0.3) is 10.9 Å². The number of pyridine rings is 1. The Balaban J connectivity index is 2.15. The van der Waals surface area contributed by atoms with Gasteiger partial charge in [0.05, 0.1) is 22.5 Å². The summed E-state index contributed by atoms with van der Waals surface area (Å²) in [6.45, 7) is 1.46. The number of hydrogen-bond donors (Lipinski definition) is 1. The van der Waals surface area contributed by atoms with Crippen molar-refractivity contribution in [1.29, 1.82) is 0 Å². The molecule has 1 aromatic carbocycles. The van der Waals surface area contributed by atoms with Crippen molar-refractivity contribution in [2.75, 3.05) is 24.5 Å². The van der Waals surface area contributed by atoms with Crippen LogP contribution >= 0.6 is 0 Å². The number of amides is 1. The third-order valence-electron chi connectivity index (χ3n) is 3.30. The molecule has 7 nitrogen and oxygen atoms in total. The summed E-state index contributed by atoms with van der Waals surface area (Å²) in [5.41, 5.74) is 1.33. The quantitative estimate of drug-likeness (QED) is 0.652. The molecule has 1 amide bonds. The van der Waals surface area contributed by atoms with Crippen molar-refractivity contribution in [3.05, 3.63) is 40.6 Å². The zero-order chi connectivity index (χ0) is 14.1. The van der Waals surface area contributed by atoms with E-state index in [0.717, 1.165) is 5.69 Å². The highest BCUT2D eigenvalue weighted by molar-refractivity contribution is 5.98. The number of aromatic nitrogens is 1. The maximum absolute atomic E-state index is 11.5. The van der Waals surface area contributed by atoms with Gasteiger partial charge in [-0.25, -0.2) is 0 Å². The molecule has 2 heterocycles. The SMILES string of the molecule is O=C1CN(c2ccc([N+](=O)[O-])c3cccnc23)CCN1. The lowest BCUT2D eigenvalue weighted by atomic mass is 10.1. The first kappa shape index (κ1) is 12.3. The maximum Gasteiger partial charge on any atom is 0.278 e. The summed E-state index contributed by atoms with van der Waals surface area (Å²) in [4.78, 5) is 28.2. The average molecular weight is 272 g/mol. The summed E-state index contributed by atoms with van der Waals surface area (Å²) in [6, 6.07) is 6.47. The number of carbonyl (C=O) groups excluding carboxylic acids is 1. The van der Waals surface area contributed by atoms with E-state index in [1.807, 2.05) is 4.90 Å². The maximum atomic E-state index is 11.5. The van der Waals surface area contributed by atoms with Crippen LogP contribution in [-0.2, 0) is 4.79 Å². The fourth-order valence-corrected chi connectivity index (χ4v) is 2.40. The lowest BCUT2D eigenvalue weighted by Crippen LogP contribution is -2.47. The van der Waals surface area contributed by atoms with Gasteiger partial charge in [-0.15, -0.1) is 0 Å². The first-order chi connectivity index (χ1) is 9.66. The second-order valence-corrected chi connectivity index (χ2v) is 4.53. The lowest BCUT2D eigenvalue weighted by molar-refractivity contribution is -0.383. The van der Waals surface area contributed by atoms with E-state index in [2.05, 4.69) is 10.3 Å². The van der Waals surface area contributed by atoms with E-state index in [1.54, 1.807) is 24.4 Å². The van der Waals surface area contributed by atoms with Crippen LogP contribution in [-0.4, -0.2) is 35.4 Å². The van der Waals surface area contributed by atoms with Gasteiger partial charge in [0.1, 0.15) is 5.52 Å². The number of nitro groups is 1. The van der Waals surface area contributed by atoms with Crippen molar-refractivity contribution >= 4 is 28.2 Å². The molecule has 1 saturated heterocycles. The molecule has 3 rings (SSSR count). The molecule has 2 aromatic rings. The van der Waals surface area contributed by atoms with Crippen LogP contribution in [0.3, 0.4) is 0 Å². The van der Waals surface area contributed by atoms with E-state index in [1.165, 1.54) is 6.07 Å².